The van der Waals surface area contributed by atoms with E-state index in [9.17, 15) is 8.42 Å². The van der Waals surface area contributed by atoms with Gasteiger partial charge >= 0.3 is 0 Å². The molecule has 7 heteroatoms. The summed E-state index contributed by atoms with van der Waals surface area (Å²) in [6.07, 6.45) is 0. The molecule has 1 atom stereocenters. The summed E-state index contributed by atoms with van der Waals surface area (Å²) in [6, 6.07) is 8.57. The first-order valence-corrected chi connectivity index (χ1v) is 8.96. The van der Waals surface area contributed by atoms with Crippen LogP contribution in [0.4, 0.5) is 0 Å². The van der Waals surface area contributed by atoms with Crippen molar-refractivity contribution in [3.05, 3.63) is 41.3 Å². The third-order valence-electron chi connectivity index (χ3n) is 3.34. The SMILES string of the molecule is CNC(CS(=O)(=O)c1cccs1)c1ccc2c(c1)OCO2. The molecule has 3 rings (SSSR count). The van der Waals surface area contributed by atoms with Gasteiger partial charge in [-0.15, -0.1) is 11.3 Å². The van der Waals surface area contributed by atoms with E-state index < -0.39 is 9.84 Å². The van der Waals surface area contributed by atoms with Gasteiger partial charge in [0.15, 0.2) is 21.3 Å². The molecule has 1 aromatic heterocycles. The van der Waals surface area contributed by atoms with Crippen molar-refractivity contribution in [3.63, 3.8) is 0 Å². The van der Waals surface area contributed by atoms with Crippen LogP contribution in [0.15, 0.2) is 39.9 Å². The lowest BCUT2D eigenvalue weighted by molar-refractivity contribution is 0.174. The second-order valence-corrected chi connectivity index (χ2v) is 7.88. The van der Waals surface area contributed by atoms with Gasteiger partial charge < -0.3 is 14.8 Å². The van der Waals surface area contributed by atoms with Crippen LogP contribution >= 0.6 is 11.3 Å². The molecule has 0 bridgehead atoms. The maximum Gasteiger partial charge on any atom is 0.231 e. The molecule has 0 saturated heterocycles. The zero-order valence-electron chi connectivity index (χ0n) is 11.4. The normalized spacial score (nSPS) is 15.1. The highest BCUT2D eigenvalue weighted by atomic mass is 32.2. The van der Waals surface area contributed by atoms with Crippen LogP contribution in [0.1, 0.15) is 11.6 Å². The molecule has 0 aliphatic carbocycles. The third-order valence-corrected chi connectivity index (χ3v) is 6.57. The van der Waals surface area contributed by atoms with Crippen LogP contribution in [0, 0.1) is 0 Å². The summed E-state index contributed by atoms with van der Waals surface area (Å²) in [5, 5.41) is 4.82. The number of rotatable bonds is 5. The number of thiophene rings is 1. The summed E-state index contributed by atoms with van der Waals surface area (Å²) in [7, 11) is -1.56. The first kappa shape index (κ1) is 14.4. The maximum atomic E-state index is 12.4. The molecule has 2 aromatic rings. The highest BCUT2D eigenvalue weighted by Crippen LogP contribution is 2.34. The van der Waals surface area contributed by atoms with E-state index >= 15 is 0 Å². The zero-order chi connectivity index (χ0) is 14.9. The van der Waals surface area contributed by atoms with Gasteiger partial charge in [0.25, 0.3) is 0 Å². The van der Waals surface area contributed by atoms with Gasteiger partial charge in [0.1, 0.15) is 4.21 Å². The van der Waals surface area contributed by atoms with E-state index in [0.717, 1.165) is 5.56 Å². The van der Waals surface area contributed by atoms with Crippen LogP contribution in [0.2, 0.25) is 0 Å². The molecule has 0 saturated carbocycles. The second kappa shape index (κ2) is 5.67. The molecule has 1 aliphatic rings. The van der Waals surface area contributed by atoms with Gasteiger partial charge in [-0.3, -0.25) is 0 Å². The molecular weight excluding hydrogens is 310 g/mol. The van der Waals surface area contributed by atoms with Crippen molar-refractivity contribution >= 4 is 21.2 Å². The average Bonchev–Trinajstić information content (AvgIpc) is 3.14. The van der Waals surface area contributed by atoms with Crippen LogP contribution in [0.25, 0.3) is 0 Å². The standard InChI is InChI=1S/C14H15NO4S2/c1-15-11(8-21(16,17)14-3-2-6-20-14)10-4-5-12-13(7-10)19-9-18-12/h2-7,11,15H,8-9H2,1H3. The highest BCUT2D eigenvalue weighted by Gasteiger charge is 2.24. The Morgan fingerprint density at radius 2 is 2.10 bits per heavy atom. The summed E-state index contributed by atoms with van der Waals surface area (Å²) in [6.45, 7) is 0.205. The van der Waals surface area contributed by atoms with E-state index in [4.69, 9.17) is 9.47 Å². The first-order valence-electron chi connectivity index (χ1n) is 6.43. The Balaban J connectivity index is 1.86. The lowest BCUT2D eigenvalue weighted by Crippen LogP contribution is -2.25. The molecule has 0 amide bonds. The predicted molar refractivity (Wildman–Crippen MR) is 80.7 cm³/mol. The van der Waals surface area contributed by atoms with Gasteiger partial charge in [0, 0.05) is 6.04 Å². The van der Waals surface area contributed by atoms with Crippen molar-refractivity contribution < 1.29 is 17.9 Å². The number of nitrogens with one attached hydrogen (secondary N) is 1. The lowest BCUT2D eigenvalue weighted by Gasteiger charge is -2.16. The summed E-state index contributed by atoms with van der Waals surface area (Å²) >= 11 is 1.24. The monoisotopic (exact) mass is 325 g/mol. The van der Waals surface area contributed by atoms with Crippen molar-refractivity contribution in [2.45, 2.75) is 10.3 Å². The number of sulfone groups is 1. The van der Waals surface area contributed by atoms with Crippen molar-refractivity contribution in [2.24, 2.45) is 0 Å². The van der Waals surface area contributed by atoms with E-state index in [1.165, 1.54) is 11.3 Å². The Hall–Kier alpha value is -1.57. The molecule has 112 valence electrons. The van der Waals surface area contributed by atoms with Gasteiger partial charge in [0.05, 0.1) is 5.75 Å². The third kappa shape index (κ3) is 2.90. The first-order chi connectivity index (χ1) is 10.1. The van der Waals surface area contributed by atoms with Crippen molar-refractivity contribution in [1.82, 2.24) is 5.32 Å². The fourth-order valence-corrected chi connectivity index (χ4v) is 4.87. The average molecular weight is 325 g/mol. The van der Waals surface area contributed by atoms with Crippen LogP contribution in [0.3, 0.4) is 0 Å². The zero-order valence-corrected chi connectivity index (χ0v) is 13.0. The molecule has 21 heavy (non-hydrogen) atoms. The minimum absolute atomic E-state index is 0.00363. The van der Waals surface area contributed by atoms with Gasteiger partial charge in [0.2, 0.25) is 6.79 Å². The summed E-state index contributed by atoms with van der Waals surface area (Å²) in [5.74, 6) is 1.35. The van der Waals surface area contributed by atoms with E-state index in [2.05, 4.69) is 5.32 Å². The minimum atomic E-state index is -3.31. The fourth-order valence-electron chi connectivity index (χ4n) is 2.22. The number of fused-ring (bicyclic) bond motifs is 1. The topological polar surface area (TPSA) is 64.6 Å². The Morgan fingerprint density at radius 3 is 2.81 bits per heavy atom. The van der Waals surface area contributed by atoms with Crippen LogP contribution in [-0.4, -0.2) is 28.0 Å². The van der Waals surface area contributed by atoms with Gasteiger partial charge in [-0.25, -0.2) is 8.42 Å². The van der Waals surface area contributed by atoms with Gasteiger partial charge in [-0.1, -0.05) is 12.1 Å². The van der Waals surface area contributed by atoms with E-state index in [1.54, 1.807) is 30.6 Å². The van der Waals surface area contributed by atoms with E-state index in [0.29, 0.717) is 15.7 Å². The maximum absolute atomic E-state index is 12.4. The predicted octanol–water partition coefficient (Wildman–Crippen LogP) is 2.21. The second-order valence-electron chi connectivity index (χ2n) is 4.67. The smallest absolute Gasteiger partial charge is 0.231 e. The summed E-state index contributed by atoms with van der Waals surface area (Å²) in [5.41, 5.74) is 0.863. The summed E-state index contributed by atoms with van der Waals surface area (Å²) < 4.78 is 35.8. The van der Waals surface area contributed by atoms with Gasteiger partial charge in [-0.05, 0) is 36.2 Å². The van der Waals surface area contributed by atoms with E-state index in [-0.39, 0.29) is 18.6 Å². The number of hydrogen-bond acceptors (Lipinski definition) is 6. The van der Waals surface area contributed by atoms with Crippen LogP contribution in [-0.2, 0) is 9.84 Å². The Bertz CT molecular complexity index is 725. The highest BCUT2D eigenvalue weighted by molar-refractivity contribution is 7.93. The summed E-state index contributed by atoms with van der Waals surface area (Å²) in [4.78, 5) is 0. The van der Waals surface area contributed by atoms with Crippen molar-refractivity contribution in [1.29, 1.82) is 0 Å². The number of ether oxygens (including phenoxy) is 2. The fraction of sp³-hybridized carbons (Fsp3) is 0.286. The number of benzene rings is 1. The number of hydrogen-bond donors (Lipinski definition) is 1. The Kier molecular flexibility index (Phi) is 3.88. The molecule has 0 radical (unpaired) electrons. The molecule has 1 unspecified atom stereocenters. The largest absolute Gasteiger partial charge is 0.454 e. The van der Waals surface area contributed by atoms with Crippen LogP contribution < -0.4 is 14.8 Å². The molecule has 0 spiro atoms. The molecule has 1 N–H and O–H groups in total. The molecule has 5 nitrogen and oxygen atoms in total. The van der Waals surface area contributed by atoms with Crippen molar-refractivity contribution in [3.8, 4) is 11.5 Å². The quantitative estimate of drug-likeness (QED) is 0.913. The van der Waals surface area contributed by atoms with Crippen LogP contribution in [0.5, 0.6) is 11.5 Å². The minimum Gasteiger partial charge on any atom is -0.454 e. The molecule has 2 heterocycles. The van der Waals surface area contributed by atoms with E-state index in [1.807, 2.05) is 12.1 Å². The molecular formula is C14H15NO4S2. The lowest BCUT2D eigenvalue weighted by atomic mass is 10.1. The Labute approximate surface area is 127 Å². The molecule has 0 fully saturated rings. The molecule has 1 aliphatic heterocycles. The van der Waals surface area contributed by atoms with Gasteiger partial charge in [-0.2, -0.15) is 0 Å². The molecule has 1 aromatic carbocycles. The Morgan fingerprint density at radius 1 is 1.29 bits per heavy atom. The van der Waals surface area contributed by atoms with Crippen molar-refractivity contribution in [2.75, 3.05) is 19.6 Å².